The predicted molar refractivity (Wildman–Crippen MR) is 73.4 cm³/mol. The zero-order valence-electron chi connectivity index (χ0n) is 12.5. The highest BCUT2D eigenvalue weighted by Crippen LogP contribution is 2.19. The van der Waals surface area contributed by atoms with E-state index in [1.165, 1.54) is 0 Å². The van der Waals surface area contributed by atoms with Crippen LogP contribution in [0.4, 0.5) is 0 Å². The van der Waals surface area contributed by atoms with Crippen molar-refractivity contribution in [1.82, 2.24) is 5.32 Å². The van der Waals surface area contributed by atoms with Gasteiger partial charge in [-0.1, -0.05) is 0 Å². The lowest BCUT2D eigenvalue weighted by Gasteiger charge is -2.20. The largest absolute Gasteiger partial charge is 0.481 e. The van der Waals surface area contributed by atoms with Crippen LogP contribution in [0, 0.1) is 5.41 Å². The molecule has 1 heterocycles. The van der Waals surface area contributed by atoms with E-state index in [0.29, 0.717) is 19.6 Å². The van der Waals surface area contributed by atoms with Crippen LogP contribution in [0.2, 0.25) is 0 Å². The molecule has 1 rings (SSSR count). The first kappa shape index (κ1) is 16.9. The van der Waals surface area contributed by atoms with Crippen molar-refractivity contribution in [3.8, 4) is 0 Å². The fourth-order valence-electron chi connectivity index (χ4n) is 1.85. The second-order valence-electron chi connectivity index (χ2n) is 5.84. The highest BCUT2D eigenvalue weighted by Gasteiger charge is 2.27. The van der Waals surface area contributed by atoms with Gasteiger partial charge in [0.15, 0.2) is 0 Å². The minimum Gasteiger partial charge on any atom is -0.481 e. The van der Waals surface area contributed by atoms with E-state index in [1.54, 1.807) is 20.8 Å². The molecule has 0 aromatic heterocycles. The molecule has 116 valence electrons. The van der Waals surface area contributed by atoms with Gasteiger partial charge in [-0.2, -0.15) is 0 Å². The average Bonchev–Trinajstić information content (AvgIpc) is 2.88. The summed E-state index contributed by atoms with van der Waals surface area (Å²) in [6, 6.07) is 0. The standard InChI is InChI=1S/C14H25NO5/c1-10(20-9-11-5-4-8-19-11)12(16)15-7-6-14(2,3)13(17)18/h10-11H,4-9H2,1-3H3,(H,15,16)(H,17,18). The monoisotopic (exact) mass is 287 g/mol. The highest BCUT2D eigenvalue weighted by atomic mass is 16.5. The second-order valence-corrected chi connectivity index (χ2v) is 5.84. The molecular weight excluding hydrogens is 262 g/mol. The third-order valence-electron chi connectivity index (χ3n) is 3.55. The van der Waals surface area contributed by atoms with Crippen LogP contribution in [0.1, 0.15) is 40.0 Å². The van der Waals surface area contributed by atoms with Crippen LogP contribution in [-0.2, 0) is 19.1 Å². The lowest BCUT2D eigenvalue weighted by molar-refractivity contribution is -0.147. The molecule has 1 saturated heterocycles. The zero-order valence-corrected chi connectivity index (χ0v) is 12.5. The minimum absolute atomic E-state index is 0.0937. The van der Waals surface area contributed by atoms with Gasteiger partial charge in [-0.15, -0.1) is 0 Å². The van der Waals surface area contributed by atoms with Gasteiger partial charge in [0.05, 0.1) is 18.1 Å². The van der Waals surface area contributed by atoms with Crippen molar-refractivity contribution >= 4 is 11.9 Å². The Kier molecular flexibility index (Phi) is 6.42. The Morgan fingerprint density at radius 1 is 1.50 bits per heavy atom. The first-order valence-electron chi connectivity index (χ1n) is 7.07. The third kappa shape index (κ3) is 5.46. The number of carboxylic acids is 1. The quantitative estimate of drug-likeness (QED) is 0.700. The van der Waals surface area contributed by atoms with E-state index < -0.39 is 17.5 Å². The van der Waals surface area contributed by atoms with Gasteiger partial charge < -0.3 is 19.9 Å². The number of amides is 1. The number of ether oxygens (including phenoxy) is 2. The summed E-state index contributed by atoms with van der Waals surface area (Å²) >= 11 is 0. The summed E-state index contributed by atoms with van der Waals surface area (Å²) in [5.74, 6) is -1.08. The molecule has 0 aromatic carbocycles. The van der Waals surface area contributed by atoms with Crippen molar-refractivity contribution in [3.05, 3.63) is 0 Å². The smallest absolute Gasteiger partial charge is 0.309 e. The van der Waals surface area contributed by atoms with E-state index in [1.807, 2.05) is 0 Å². The SMILES string of the molecule is CC(OCC1CCCO1)C(=O)NCCC(C)(C)C(=O)O. The predicted octanol–water partition coefficient (Wildman–Crippen LogP) is 1.19. The third-order valence-corrected chi connectivity index (χ3v) is 3.55. The van der Waals surface area contributed by atoms with E-state index in [2.05, 4.69) is 5.32 Å². The summed E-state index contributed by atoms with van der Waals surface area (Å²) in [7, 11) is 0. The van der Waals surface area contributed by atoms with E-state index in [-0.39, 0.29) is 12.0 Å². The topological polar surface area (TPSA) is 84.9 Å². The molecule has 2 atom stereocenters. The fraction of sp³-hybridized carbons (Fsp3) is 0.857. The Morgan fingerprint density at radius 2 is 2.20 bits per heavy atom. The van der Waals surface area contributed by atoms with E-state index in [9.17, 15) is 9.59 Å². The van der Waals surface area contributed by atoms with Gasteiger partial charge in [0, 0.05) is 13.2 Å². The van der Waals surface area contributed by atoms with E-state index >= 15 is 0 Å². The van der Waals surface area contributed by atoms with Gasteiger partial charge in [-0.05, 0) is 40.0 Å². The van der Waals surface area contributed by atoms with Gasteiger partial charge in [-0.3, -0.25) is 9.59 Å². The number of hydrogen-bond acceptors (Lipinski definition) is 4. The summed E-state index contributed by atoms with van der Waals surface area (Å²) in [6.45, 7) is 6.48. The molecule has 0 saturated carbocycles. The number of carbonyl (C=O) groups excluding carboxylic acids is 1. The summed E-state index contributed by atoms with van der Waals surface area (Å²) in [5, 5.41) is 11.7. The molecule has 20 heavy (non-hydrogen) atoms. The molecule has 1 aliphatic heterocycles. The summed E-state index contributed by atoms with van der Waals surface area (Å²) in [4.78, 5) is 22.7. The first-order chi connectivity index (χ1) is 9.33. The molecular formula is C14H25NO5. The van der Waals surface area contributed by atoms with Gasteiger partial charge >= 0.3 is 5.97 Å². The Bertz CT molecular complexity index is 336. The van der Waals surface area contributed by atoms with Gasteiger partial charge in [0.2, 0.25) is 5.91 Å². The highest BCUT2D eigenvalue weighted by molar-refractivity contribution is 5.80. The van der Waals surface area contributed by atoms with E-state index in [4.69, 9.17) is 14.6 Å². The number of carboxylic acid groups (broad SMARTS) is 1. The van der Waals surface area contributed by atoms with Gasteiger partial charge in [0.25, 0.3) is 0 Å². The van der Waals surface area contributed by atoms with E-state index in [0.717, 1.165) is 19.4 Å². The number of rotatable bonds is 8. The maximum absolute atomic E-state index is 11.8. The summed E-state index contributed by atoms with van der Waals surface area (Å²) in [6.07, 6.45) is 1.94. The number of nitrogens with one attached hydrogen (secondary N) is 1. The molecule has 1 amide bonds. The van der Waals surface area contributed by atoms with Crippen molar-refractivity contribution in [2.45, 2.75) is 52.2 Å². The Hall–Kier alpha value is -1.14. The van der Waals surface area contributed by atoms with Crippen molar-refractivity contribution in [2.75, 3.05) is 19.8 Å². The lowest BCUT2D eigenvalue weighted by atomic mass is 9.90. The molecule has 2 N–H and O–H groups in total. The van der Waals surface area contributed by atoms with Crippen molar-refractivity contribution in [3.63, 3.8) is 0 Å². The van der Waals surface area contributed by atoms with Crippen LogP contribution in [0.5, 0.6) is 0 Å². The number of aliphatic carboxylic acids is 1. The van der Waals surface area contributed by atoms with Crippen molar-refractivity contribution < 1.29 is 24.2 Å². The Labute approximate surface area is 119 Å². The second kappa shape index (κ2) is 7.59. The Balaban J connectivity index is 2.19. The molecule has 1 fully saturated rings. The molecule has 0 aliphatic carbocycles. The molecule has 0 aromatic rings. The van der Waals surface area contributed by atoms with Gasteiger partial charge in [-0.25, -0.2) is 0 Å². The average molecular weight is 287 g/mol. The number of hydrogen-bond donors (Lipinski definition) is 2. The molecule has 6 nitrogen and oxygen atoms in total. The minimum atomic E-state index is -0.866. The normalized spacial score (nSPS) is 20.6. The van der Waals surface area contributed by atoms with Crippen LogP contribution in [0.3, 0.4) is 0 Å². The molecule has 0 radical (unpaired) electrons. The van der Waals surface area contributed by atoms with Crippen LogP contribution in [0.15, 0.2) is 0 Å². The molecule has 1 aliphatic rings. The van der Waals surface area contributed by atoms with Crippen LogP contribution >= 0.6 is 0 Å². The van der Waals surface area contributed by atoms with Crippen LogP contribution in [-0.4, -0.2) is 48.9 Å². The number of carbonyl (C=O) groups is 2. The first-order valence-corrected chi connectivity index (χ1v) is 7.07. The molecule has 0 spiro atoms. The maximum atomic E-state index is 11.8. The fourth-order valence-corrected chi connectivity index (χ4v) is 1.85. The zero-order chi connectivity index (χ0) is 15.2. The maximum Gasteiger partial charge on any atom is 0.309 e. The van der Waals surface area contributed by atoms with Crippen molar-refractivity contribution in [2.24, 2.45) is 5.41 Å². The lowest BCUT2D eigenvalue weighted by Crippen LogP contribution is -2.38. The molecule has 2 unspecified atom stereocenters. The van der Waals surface area contributed by atoms with Gasteiger partial charge in [0.1, 0.15) is 6.10 Å². The molecule has 0 bridgehead atoms. The Morgan fingerprint density at radius 3 is 2.75 bits per heavy atom. The van der Waals surface area contributed by atoms with Crippen LogP contribution < -0.4 is 5.32 Å². The molecule has 6 heteroatoms. The summed E-state index contributed by atoms with van der Waals surface area (Å²) in [5.41, 5.74) is -0.838. The van der Waals surface area contributed by atoms with Crippen LogP contribution in [0.25, 0.3) is 0 Å². The van der Waals surface area contributed by atoms with Crippen molar-refractivity contribution in [1.29, 1.82) is 0 Å². The summed E-state index contributed by atoms with van der Waals surface area (Å²) < 4.78 is 10.9.